The molecule has 0 bridgehead atoms. The number of fused-ring (bicyclic) bond motifs is 12. The molecule has 18 aromatic rings. The molecule has 1 fully saturated rings. The molecule has 112 heavy (non-hydrogen) atoms. The molecular formula is C104H76BBr2IN2O2. The van der Waals surface area contributed by atoms with E-state index in [1.165, 1.54) is 136 Å². The highest BCUT2D eigenvalue weighted by atomic mass is 127. The fourth-order valence-electron chi connectivity index (χ4n) is 17.9. The zero-order chi connectivity index (χ0) is 75.9. The van der Waals surface area contributed by atoms with Crippen LogP contribution >= 0.6 is 54.5 Å². The Labute approximate surface area is 685 Å². The van der Waals surface area contributed by atoms with Gasteiger partial charge in [0.05, 0.1) is 44.1 Å². The topological polar surface area (TPSA) is 28.3 Å². The maximum absolute atomic E-state index is 6.41. The Bertz CT molecular complexity index is 6540. The number of rotatable bonds is 10. The molecule has 0 amide bonds. The second-order valence-electron chi connectivity index (χ2n) is 30.4. The number of hydrogen-bond donors (Lipinski definition) is 0. The normalized spacial score (nSPS) is 14.4. The minimum atomic E-state index is -0.419. The van der Waals surface area contributed by atoms with E-state index in [4.69, 9.17) is 9.31 Å². The molecule has 2 aromatic heterocycles. The van der Waals surface area contributed by atoms with Crippen LogP contribution < -0.4 is 5.46 Å². The highest BCUT2D eigenvalue weighted by molar-refractivity contribution is 14.1. The van der Waals surface area contributed by atoms with Crippen molar-refractivity contribution in [3.05, 3.63) is 445 Å². The zero-order valence-electron chi connectivity index (χ0n) is 62.4. The first-order chi connectivity index (χ1) is 54.7. The maximum atomic E-state index is 6.41. The van der Waals surface area contributed by atoms with Crippen LogP contribution in [-0.4, -0.2) is 27.5 Å². The Hall–Kier alpha value is -11.2. The van der Waals surface area contributed by atoms with E-state index in [0.29, 0.717) is 0 Å². The van der Waals surface area contributed by atoms with Crippen LogP contribution in [0.2, 0.25) is 0 Å². The lowest BCUT2D eigenvalue weighted by molar-refractivity contribution is 0.00578. The van der Waals surface area contributed by atoms with Gasteiger partial charge in [0, 0.05) is 45.4 Å². The molecule has 21 rings (SSSR count). The Morgan fingerprint density at radius 1 is 0.268 bits per heavy atom. The van der Waals surface area contributed by atoms with Crippen molar-refractivity contribution in [2.75, 3.05) is 0 Å². The molecule has 1 saturated heterocycles. The van der Waals surface area contributed by atoms with E-state index in [1.807, 2.05) is 12.1 Å². The van der Waals surface area contributed by atoms with Crippen LogP contribution in [0.4, 0.5) is 0 Å². The van der Waals surface area contributed by atoms with Gasteiger partial charge in [-0.3, -0.25) is 0 Å². The van der Waals surface area contributed by atoms with E-state index in [0.717, 1.165) is 36.9 Å². The molecule has 4 nitrogen and oxygen atoms in total. The molecule has 0 unspecified atom stereocenters. The minimum absolute atomic E-state index is 0.390. The predicted molar refractivity (Wildman–Crippen MR) is 483 cm³/mol. The van der Waals surface area contributed by atoms with Gasteiger partial charge in [0.1, 0.15) is 0 Å². The molecule has 3 heterocycles. The molecule has 3 aliphatic rings. The number of aromatic nitrogens is 2. The van der Waals surface area contributed by atoms with Gasteiger partial charge in [-0.05, 0) is 253 Å². The first kappa shape index (κ1) is 71.1. The lowest BCUT2D eigenvalue weighted by Gasteiger charge is -2.33. The minimum Gasteiger partial charge on any atom is -0.399 e. The molecule has 0 radical (unpaired) electrons. The second kappa shape index (κ2) is 28.8. The quantitative estimate of drug-likeness (QED) is 0.101. The SMILES string of the molecule is Brc1cccc(-c2cccc(-c3ccc4c(c3)c3ccccc3n4-c3ccc4c(c3)-c3ccccc3C4(c3ccccc3)c3ccccc3)c2)c1.Brc1cccc(I)c1.CC1(C)OB(c2cccc(-c3ccc4c(c3)c3ccccc3n4-c3ccc4c(c3)-c3ccccc3C4(c3ccccc3)c3ccccc3)c2)OC1(C)C. The Kier molecular flexibility index (Phi) is 18.3. The maximum Gasteiger partial charge on any atom is 0.494 e. The average molecular weight is 1680 g/mol. The van der Waals surface area contributed by atoms with Crippen LogP contribution in [0.1, 0.15) is 72.2 Å². The summed E-state index contributed by atoms with van der Waals surface area (Å²) in [6.45, 7) is 8.40. The summed E-state index contributed by atoms with van der Waals surface area (Å²) in [5.74, 6) is 0. The van der Waals surface area contributed by atoms with Gasteiger partial charge in [-0.25, -0.2) is 0 Å². The van der Waals surface area contributed by atoms with Crippen molar-refractivity contribution in [2.45, 2.75) is 49.7 Å². The van der Waals surface area contributed by atoms with Crippen molar-refractivity contribution < 1.29 is 9.31 Å². The summed E-state index contributed by atoms with van der Waals surface area (Å²) in [4.78, 5) is 0. The third-order valence-corrected chi connectivity index (χ3v) is 25.3. The van der Waals surface area contributed by atoms with E-state index < -0.39 is 29.2 Å². The van der Waals surface area contributed by atoms with E-state index in [2.05, 4.69) is 467 Å². The number of para-hydroxylation sites is 2. The van der Waals surface area contributed by atoms with Gasteiger partial charge in [-0.1, -0.05) is 323 Å². The predicted octanol–water partition coefficient (Wildman–Crippen LogP) is 27.4. The van der Waals surface area contributed by atoms with Crippen molar-refractivity contribution in [3.8, 4) is 67.0 Å². The van der Waals surface area contributed by atoms with Gasteiger partial charge in [-0.15, -0.1) is 0 Å². The average Bonchev–Trinajstić information content (AvgIpc) is 1.54. The van der Waals surface area contributed by atoms with Crippen LogP contribution in [0.15, 0.2) is 397 Å². The molecule has 0 atom stereocenters. The van der Waals surface area contributed by atoms with E-state index in [9.17, 15) is 0 Å². The summed E-state index contributed by atoms with van der Waals surface area (Å²) < 4.78 is 21.2. The summed E-state index contributed by atoms with van der Waals surface area (Å²) in [6.07, 6.45) is 0. The zero-order valence-corrected chi connectivity index (χ0v) is 67.7. The molecule has 0 N–H and O–H groups in total. The molecule has 538 valence electrons. The van der Waals surface area contributed by atoms with Gasteiger partial charge in [0.15, 0.2) is 0 Å². The smallest absolute Gasteiger partial charge is 0.399 e. The van der Waals surface area contributed by atoms with Gasteiger partial charge in [0.25, 0.3) is 0 Å². The van der Waals surface area contributed by atoms with Crippen LogP contribution in [0.25, 0.3) is 111 Å². The summed E-state index contributed by atoms with van der Waals surface area (Å²) >= 11 is 9.28. The number of nitrogens with zero attached hydrogens (tertiary/aromatic N) is 2. The first-order valence-corrected chi connectivity index (χ1v) is 40.9. The van der Waals surface area contributed by atoms with Gasteiger partial charge >= 0.3 is 7.12 Å². The Balaban J connectivity index is 0.000000137. The lowest BCUT2D eigenvalue weighted by Crippen LogP contribution is -2.41. The summed E-state index contributed by atoms with van der Waals surface area (Å²) in [5.41, 5.74) is 29.1. The molecule has 8 heteroatoms. The molecule has 0 saturated carbocycles. The third kappa shape index (κ3) is 12.1. The standard InChI is InChI=1S/C49H40BNO2.C49H32BrN.C6H4BrI/c1-47(2)48(3,4)53-50(52-47)37-21-15-16-33(30-37)34-26-29-46-42(31-34)40-23-12-14-25-45(40)51(46)38-27-28-44-41(32-38)39-22-11-13-24-43(39)49(44,35-17-7-5-8-18-35)36-19-9-6-10-20-36;50-39-20-12-15-35(30-39)33-13-11-14-34(29-33)36-25-28-48-44(31-36)42-22-8-10-24-47(42)51(48)40-26-27-46-43(32-40)41-21-7-9-23-45(41)49(46,37-16-3-1-4-17-37)38-18-5-2-6-19-38;7-5-2-1-3-6(8)4-5/h5-32H,1-4H3;1-32H;1-4H. The Morgan fingerprint density at radius 2 is 0.616 bits per heavy atom. The van der Waals surface area contributed by atoms with Crippen LogP contribution in [0.5, 0.6) is 0 Å². The third-order valence-electron chi connectivity index (χ3n) is 23.6. The Morgan fingerprint density at radius 3 is 1.04 bits per heavy atom. The van der Waals surface area contributed by atoms with Crippen molar-refractivity contribution in [3.63, 3.8) is 0 Å². The summed E-state index contributed by atoms with van der Waals surface area (Å²) in [7, 11) is -0.405. The van der Waals surface area contributed by atoms with Crippen molar-refractivity contribution in [1.82, 2.24) is 9.13 Å². The van der Waals surface area contributed by atoms with E-state index in [1.54, 1.807) is 0 Å². The molecule has 0 spiro atoms. The molecule has 2 aliphatic carbocycles. The van der Waals surface area contributed by atoms with E-state index >= 15 is 0 Å². The number of hydrogen-bond acceptors (Lipinski definition) is 2. The van der Waals surface area contributed by atoms with Crippen LogP contribution in [0.3, 0.4) is 0 Å². The van der Waals surface area contributed by atoms with Gasteiger partial charge in [0.2, 0.25) is 0 Å². The monoisotopic (exact) mass is 1680 g/mol. The largest absolute Gasteiger partial charge is 0.494 e. The van der Waals surface area contributed by atoms with E-state index in [-0.39, 0.29) is 0 Å². The lowest BCUT2D eigenvalue weighted by atomic mass is 9.68. The highest BCUT2D eigenvalue weighted by Gasteiger charge is 2.52. The summed E-state index contributed by atoms with van der Waals surface area (Å²) in [6, 6.07) is 142. The summed E-state index contributed by atoms with van der Waals surface area (Å²) in [5, 5.41) is 4.96. The molecule has 1 aliphatic heterocycles. The molecular weight excluding hydrogens is 1610 g/mol. The highest BCUT2D eigenvalue weighted by Crippen LogP contribution is 2.59. The van der Waals surface area contributed by atoms with Crippen molar-refractivity contribution in [1.29, 1.82) is 0 Å². The number of benzene rings is 16. The first-order valence-electron chi connectivity index (χ1n) is 38.3. The van der Waals surface area contributed by atoms with Crippen LogP contribution in [-0.2, 0) is 20.1 Å². The van der Waals surface area contributed by atoms with Gasteiger partial charge in [-0.2, -0.15) is 0 Å². The molecule has 16 aromatic carbocycles. The second-order valence-corrected chi connectivity index (χ2v) is 33.5. The van der Waals surface area contributed by atoms with Gasteiger partial charge < -0.3 is 18.4 Å². The number of halogens is 3. The fourth-order valence-corrected chi connectivity index (χ4v) is 19.6. The van der Waals surface area contributed by atoms with Crippen molar-refractivity contribution >= 4 is 111 Å². The van der Waals surface area contributed by atoms with Crippen molar-refractivity contribution in [2.24, 2.45) is 0 Å². The van der Waals surface area contributed by atoms with Crippen LogP contribution in [0, 0.1) is 3.57 Å². The fraction of sp³-hybridized carbons (Fsp3) is 0.0769.